The third-order valence-corrected chi connectivity index (χ3v) is 7.37. The van der Waals surface area contributed by atoms with E-state index in [1.54, 1.807) is 17.0 Å². The molecule has 3 rings (SSSR count). The average molecular weight is 513 g/mol. The lowest BCUT2D eigenvalue weighted by atomic mass is 10.2. The number of hydrogen-bond donors (Lipinski definition) is 3. The second-order valence-corrected chi connectivity index (χ2v) is 10.0. The quantitative estimate of drug-likeness (QED) is 0.290. The Morgan fingerprint density at radius 2 is 1.72 bits per heavy atom. The van der Waals surface area contributed by atoms with Crippen molar-refractivity contribution >= 4 is 35.2 Å². The summed E-state index contributed by atoms with van der Waals surface area (Å²) in [6, 6.07) is 9.11. The van der Waals surface area contributed by atoms with Gasteiger partial charge in [-0.25, -0.2) is 0 Å². The zero-order chi connectivity index (χ0) is 25.8. The first kappa shape index (κ1) is 27.6. The van der Waals surface area contributed by atoms with Gasteiger partial charge >= 0.3 is 0 Å². The normalized spacial score (nSPS) is 16.9. The van der Waals surface area contributed by atoms with Gasteiger partial charge in [-0.3, -0.25) is 14.4 Å². The lowest BCUT2D eigenvalue weighted by Crippen LogP contribution is -2.36. The van der Waals surface area contributed by atoms with Crippen molar-refractivity contribution in [3.05, 3.63) is 40.8 Å². The van der Waals surface area contributed by atoms with E-state index in [0.717, 1.165) is 49.9 Å². The summed E-state index contributed by atoms with van der Waals surface area (Å²) in [7, 11) is 0. The molecule has 0 aromatic heterocycles. The van der Waals surface area contributed by atoms with Crippen LogP contribution in [0.4, 0.5) is 5.69 Å². The zero-order valence-electron chi connectivity index (χ0n) is 20.9. The molecule has 0 bridgehead atoms. The maximum Gasteiger partial charge on any atom is 0.265 e. The Hall–Kier alpha value is -3.03. The van der Waals surface area contributed by atoms with E-state index >= 15 is 0 Å². The number of thioether (sulfide) groups is 1. The van der Waals surface area contributed by atoms with Gasteiger partial charge in [0.25, 0.3) is 11.8 Å². The van der Waals surface area contributed by atoms with Gasteiger partial charge < -0.3 is 25.8 Å². The summed E-state index contributed by atoms with van der Waals surface area (Å²) in [6.45, 7) is 7.66. The molecule has 0 spiro atoms. The van der Waals surface area contributed by atoms with E-state index in [1.165, 1.54) is 18.2 Å². The Labute approximate surface area is 217 Å². The molecule has 10 heteroatoms. The SMILES string of the molecule is CCNC(=O)C(CNc1ccc(C(=O)NCCN2CCCC2)cc1)S/C=C(/C#N)C(=O)N1CCCC1. The van der Waals surface area contributed by atoms with Crippen LogP contribution in [-0.4, -0.2) is 85.1 Å². The zero-order valence-corrected chi connectivity index (χ0v) is 21.7. The van der Waals surface area contributed by atoms with Gasteiger partial charge in [-0.05, 0) is 75.4 Å². The second kappa shape index (κ2) is 14.5. The van der Waals surface area contributed by atoms with Crippen molar-refractivity contribution in [3.63, 3.8) is 0 Å². The molecule has 2 aliphatic heterocycles. The van der Waals surface area contributed by atoms with Gasteiger partial charge in [0, 0.05) is 50.5 Å². The van der Waals surface area contributed by atoms with E-state index in [0.29, 0.717) is 38.3 Å². The molecule has 0 radical (unpaired) electrons. The van der Waals surface area contributed by atoms with Crippen LogP contribution in [-0.2, 0) is 9.59 Å². The lowest BCUT2D eigenvalue weighted by Gasteiger charge is -2.17. The van der Waals surface area contributed by atoms with Gasteiger partial charge in [0.2, 0.25) is 5.91 Å². The number of carbonyl (C=O) groups excluding carboxylic acids is 3. The Bertz CT molecular complexity index is 963. The molecule has 1 atom stereocenters. The van der Waals surface area contributed by atoms with E-state index in [4.69, 9.17) is 0 Å². The van der Waals surface area contributed by atoms with Crippen molar-refractivity contribution in [2.75, 3.05) is 57.7 Å². The van der Waals surface area contributed by atoms with Crippen LogP contribution >= 0.6 is 11.8 Å². The highest BCUT2D eigenvalue weighted by Gasteiger charge is 2.23. The second-order valence-electron chi connectivity index (χ2n) is 8.92. The van der Waals surface area contributed by atoms with E-state index in [1.807, 2.05) is 25.1 Å². The molecule has 3 N–H and O–H groups in total. The number of hydrogen-bond acceptors (Lipinski definition) is 7. The van der Waals surface area contributed by atoms with E-state index in [2.05, 4.69) is 20.9 Å². The number of benzene rings is 1. The molecular weight excluding hydrogens is 476 g/mol. The largest absolute Gasteiger partial charge is 0.383 e. The number of nitriles is 1. The van der Waals surface area contributed by atoms with E-state index < -0.39 is 5.25 Å². The van der Waals surface area contributed by atoms with Crippen LogP contribution < -0.4 is 16.0 Å². The standard InChI is InChI=1S/C26H36N6O3S/c1-2-28-25(34)23(36-19-21(17-27)26(35)32-14-5-6-15-32)18-30-22-9-7-20(8-10-22)24(33)29-11-16-31-12-3-4-13-31/h7-10,19,23,30H,2-6,11-16,18H2,1H3,(H,28,34)(H,29,33)/b21-19-. The van der Waals surface area contributed by atoms with Crippen molar-refractivity contribution < 1.29 is 14.4 Å². The molecule has 0 aliphatic carbocycles. The molecule has 1 unspecified atom stereocenters. The van der Waals surface area contributed by atoms with Crippen LogP contribution in [0.25, 0.3) is 0 Å². The van der Waals surface area contributed by atoms with E-state index in [-0.39, 0.29) is 23.3 Å². The molecule has 2 saturated heterocycles. The van der Waals surface area contributed by atoms with Gasteiger partial charge in [0.15, 0.2) is 0 Å². The van der Waals surface area contributed by atoms with Gasteiger partial charge in [0.05, 0.1) is 0 Å². The number of nitrogens with zero attached hydrogens (tertiary/aromatic N) is 3. The van der Waals surface area contributed by atoms with Crippen molar-refractivity contribution in [2.24, 2.45) is 0 Å². The fourth-order valence-corrected chi connectivity index (χ4v) is 5.08. The maximum absolute atomic E-state index is 12.6. The minimum absolute atomic E-state index is 0.0521. The van der Waals surface area contributed by atoms with Crippen molar-refractivity contribution in [3.8, 4) is 6.07 Å². The molecule has 194 valence electrons. The third kappa shape index (κ3) is 8.28. The molecule has 1 aromatic rings. The molecule has 2 heterocycles. The number of rotatable bonds is 12. The van der Waals surface area contributed by atoms with Crippen molar-refractivity contribution in [1.82, 2.24) is 20.4 Å². The summed E-state index contributed by atoms with van der Waals surface area (Å²) < 4.78 is 0. The monoisotopic (exact) mass is 512 g/mol. The maximum atomic E-state index is 12.6. The molecule has 9 nitrogen and oxygen atoms in total. The van der Waals surface area contributed by atoms with Crippen LogP contribution in [0.2, 0.25) is 0 Å². The predicted molar refractivity (Wildman–Crippen MR) is 143 cm³/mol. The molecule has 1 aromatic carbocycles. The first-order valence-corrected chi connectivity index (χ1v) is 13.6. The topological polar surface area (TPSA) is 118 Å². The first-order chi connectivity index (χ1) is 17.5. The molecular formula is C26H36N6O3S. The average Bonchev–Trinajstić information content (AvgIpc) is 3.61. The first-order valence-electron chi connectivity index (χ1n) is 12.7. The number of carbonyl (C=O) groups is 3. The molecule has 2 fully saturated rings. The molecule has 36 heavy (non-hydrogen) atoms. The number of likely N-dealkylation sites (tertiary alicyclic amines) is 2. The van der Waals surface area contributed by atoms with Crippen LogP contribution in [0.3, 0.4) is 0 Å². The van der Waals surface area contributed by atoms with Gasteiger partial charge in [-0.15, -0.1) is 11.8 Å². The van der Waals surface area contributed by atoms with Gasteiger partial charge in [0.1, 0.15) is 16.9 Å². The van der Waals surface area contributed by atoms with Crippen molar-refractivity contribution in [2.45, 2.75) is 37.9 Å². The molecule has 0 saturated carbocycles. The number of amides is 3. The third-order valence-electron chi connectivity index (χ3n) is 6.29. The molecule has 2 aliphatic rings. The minimum Gasteiger partial charge on any atom is -0.383 e. The lowest BCUT2D eigenvalue weighted by molar-refractivity contribution is -0.125. The fraction of sp³-hybridized carbons (Fsp3) is 0.538. The van der Waals surface area contributed by atoms with E-state index in [9.17, 15) is 19.6 Å². The summed E-state index contributed by atoms with van der Waals surface area (Å²) >= 11 is 1.16. The van der Waals surface area contributed by atoms with Crippen LogP contribution in [0.5, 0.6) is 0 Å². The van der Waals surface area contributed by atoms with Crippen molar-refractivity contribution in [1.29, 1.82) is 5.26 Å². The summed E-state index contributed by atoms with van der Waals surface area (Å²) in [5.74, 6) is -0.557. The fourth-order valence-electron chi connectivity index (χ4n) is 4.24. The highest BCUT2D eigenvalue weighted by molar-refractivity contribution is 8.03. The smallest absolute Gasteiger partial charge is 0.265 e. The summed E-state index contributed by atoms with van der Waals surface area (Å²) in [6.07, 6.45) is 4.35. The van der Waals surface area contributed by atoms with Crippen LogP contribution in [0, 0.1) is 11.3 Å². The Morgan fingerprint density at radius 3 is 2.36 bits per heavy atom. The summed E-state index contributed by atoms with van der Waals surface area (Å²) in [5.41, 5.74) is 1.41. The summed E-state index contributed by atoms with van der Waals surface area (Å²) in [5, 5.41) is 19.4. The Morgan fingerprint density at radius 1 is 1.06 bits per heavy atom. The predicted octanol–water partition coefficient (Wildman–Crippen LogP) is 2.19. The minimum atomic E-state index is -0.534. The molecule has 3 amide bonds. The van der Waals surface area contributed by atoms with Gasteiger partial charge in [-0.1, -0.05) is 0 Å². The highest BCUT2D eigenvalue weighted by atomic mass is 32.2. The van der Waals surface area contributed by atoms with Gasteiger partial charge in [-0.2, -0.15) is 5.26 Å². The summed E-state index contributed by atoms with van der Waals surface area (Å²) in [4.78, 5) is 41.6. The van der Waals surface area contributed by atoms with Crippen LogP contribution in [0.1, 0.15) is 43.0 Å². The Balaban J connectivity index is 1.53. The highest BCUT2D eigenvalue weighted by Crippen LogP contribution is 2.20. The van der Waals surface area contributed by atoms with Crippen LogP contribution in [0.15, 0.2) is 35.2 Å². The Kier molecular flexibility index (Phi) is 11.1. The number of nitrogens with one attached hydrogen (secondary N) is 3. The number of anilines is 1.